The highest BCUT2D eigenvalue weighted by Gasteiger charge is 2.50. The van der Waals surface area contributed by atoms with E-state index in [0.717, 1.165) is 54.7 Å². The Morgan fingerprint density at radius 1 is 1.36 bits per heavy atom. The summed E-state index contributed by atoms with van der Waals surface area (Å²) < 4.78 is 6.26. The lowest BCUT2D eigenvalue weighted by Gasteiger charge is -2.29. The number of ether oxygens (including phenoxy) is 1. The summed E-state index contributed by atoms with van der Waals surface area (Å²) in [6.07, 6.45) is 4.17. The molecule has 1 aromatic heterocycles. The third kappa shape index (κ3) is 2.09. The normalized spacial score (nSPS) is 20.2. The molecule has 3 heterocycles. The minimum absolute atomic E-state index is 0.119. The Labute approximate surface area is 133 Å². The van der Waals surface area contributed by atoms with Crippen LogP contribution < -0.4 is 10.1 Å². The third-order valence-electron chi connectivity index (χ3n) is 4.88. The Morgan fingerprint density at radius 3 is 2.86 bits per heavy atom. The lowest BCUT2D eigenvalue weighted by molar-refractivity contribution is -0.125. The molecule has 116 valence electrons. The van der Waals surface area contributed by atoms with E-state index < -0.39 is 0 Å². The van der Waals surface area contributed by atoms with Gasteiger partial charge in [-0.05, 0) is 57.0 Å². The second-order valence-electron chi connectivity index (χ2n) is 6.03. The van der Waals surface area contributed by atoms with Gasteiger partial charge in [0, 0.05) is 0 Å². The molecule has 5 nitrogen and oxygen atoms in total. The van der Waals surface area contributed by atoms with Crippen LogP contribution in [0.1, 0.15) is 25.7 Å². The van der Waals surface area contributed by atoms with Crippen molar-refractivity contribution in [1.29, 1.82) is 0 Å². The summed E-state index contributed by atoms with van der Waals surface area (Å²) in [7, 11) is 1.65. The molecule has 4 rings (SSSR count). The van der Waals surface area contributed by atoms with E-state index in [2.05, 4.69) is 15.2 Å². The highest BCUT2D eigenvalue weighted by atomic mass is 32.1. The summed E-state index contributed by atoms with van der Waals surface area (Å²) in [5, 5.41) is 3.74. The molecule has 0 aliphatic carbocycles. The van der Waals surface area contributed by atoms with E-state index in [-0.39, 0.29) is 11.4 Å². The Bertz CT molecular complexity index is 717. The van der Waals surface area contributed by atoms with Gasteiger partial charge in [-0.25, -0.2) is 4.98 Å². The van der Waals surface area contributed by atoms with E-state index in [4.69, 9.17) is 4.74 Å². The Hall–Kier alpha value is -1.66. The van der Waals surface area contributed by atoms with E-state index in [1.165, 1.54) is 11.3 Å². The maximum absolute atomic E-state index is 12.8. The lowest BCUT2D eigenvalue weighted by atomic mass is 9.93. The number of rotatable bonds is 3. The molecule has 1 aromatic carbocycles. The maximum atomic E-state index is 12.8. The van der Waals surface area contributed by atoms with Crippen molar-refractivity contribution >= 4 is 32.6 Å². The van der Waals surface area contributed by atoms with Crippen LogP contribution in [0.3, 0.4) is 0 Å². The summed E-state index contributed by atoms with van der Waals surface area (Å²) in [6.45, 7) is 2.09. The molecule has 2 aliphatic heterocycles. The summed E-state index contributed by atoms with van der Waals surface area (Å²) in [5.74, 6) is 0.930. The van der Waals surface area contributed by atoms with Gasteiger partial charge in [0.2, 0.25) is 5.91 Å². The zero-order valence-corrected chi connectivity index (χ0v) is 13.4. The topological polar surface area (TPSA) is 54.5 Å². The van der Waals surface area contributed by atoms with Gasteiger partial charge in [0.1, 0.15) is 11.3 Å². The van der Waals surface area contributed by atoms with Crippen molar-refractivity contribution in [2.45, 2.75) is 31.2 Å². The summed E-state index contributed by atoms with van der Waals surface area (Å²) in [5.41, 5.74) is 0.614. The first-order chi connectivity index (χ1) is 10.7. The zero-order chi connectivity index (χ0) is 15.2. The van der Waals surface area contributed by atoms with E-state index in [0.29, 0.717) is 5.13 Å². The van der Waals surface area contributed by atoms with Crippen molar-refractivity contribution in [3.05, 3.63) is 18.2 Å². The van der Waals surface area contributed by atoms with Gasteiger partial charge < -0.3 is 10.1 Å². The van der Waals surface area contributed by atoms with Crippen LogP contribution in [0.4, 0.5) is 5.13 Å². The van der Waals surface area contributed by atoms with Crippen molar-refractivity contribution in [3.63, 3.8) is 0 Å². The number of nitrogens with zero attached hydrogens (tertiary/aromatic N) is 2. The number of anilines is 1. The van der Waals surface area contributed by atoms with Gasteiger partial charge >= 0.3 is 0 Å². The molecule has 0 atom stereocenters. The van der Waals surface area contributed by atoms with Gasteiger partial charge in [-0.15, -0.1) is 0 Å². The van der Waals surface area contributed by atoms with Crippen LogP contribution in [0.2, 0.25) is 0 Å². The van der Waals surface area contributed by atoms with E-state index in [9.17, 15) is 4.79 Å². The van der Waals surface area contributed by atoms with Crippen molar-refractivity contribution in [2.24, 2.45) is 0 Å². The largest absolute Gasteiger partial charge is 0.497 e. The van der Waals surface area contributed by atoms with Crippen LogP contribution in [0.5, 0.6) is 5.75 Å². The van der Waals surface area contributed by atoms with Crippen LogP contribution in [0.25, 0.3) is 10.2 Å². The number of thiazole rings is 1. The molecule has 0 spiro atoms. The molecule has 2 aromatic rings. The second kappa shape index (κ2) is 5.21. The first-order valence-electron chi connectivity index (χ1n) is 7.72. The number of hydrogen-bond acceptors (Lipinski definition) is 5. The van der Waals surface area contributed by atoms with Crippen LogP contribution in [0.15, 0.2) is 18.2 Å². The predicted molar refractivity (Wildman–Crippen MR) is 87.6 cm³/mol. The molecule has 0 bridgehead atoms. The van der Waals surface area contributed by atoms with Crippen LogP contribution in [-0.2, 0) is 4.79 Å². The lowest BCUT2D eigenvalue weighted by Crippen LogP contribution is -2.48. The molecule has 2 fully saturated rings. The molecule has 0 radical (unpaired) electrons. The van der Waals surface area contributed by atoms with Crippen molar-refractivity contribution in [3.8, 4) is 5.75 Å². The number of nitrogens with one attached hydrogen (secondary N) is 1. The number of methoxy groups -OCH3 is 1. The number of carbonyl (C=O) groups excluding carboxylic acids is 1. The predicted octanol–water partition coefficient (Wildman–Crippen LogP) is 2.87. The molecular weight excluding hydrogens is 298 g/mol. The van der Waals surface area contributed by atoms with Crippen molar-refractivity contribution < 1.29 is 9.53 Å². The minimum atomic E-state index is -0.282. The first-order valence-corrected chi connectivity index (χ1v) is 8.54. The van der Waals surface area contributed by atoms with Crippen LogP contribution in [0, 0.1) is 0 Å². The van der Waals surface area contributed by atoms with Gasteiger partial charge in [0.15, 0.2) is 5.13 Å². The molecular formula is C16H19N3O2S. The summed E-state index contributed by atoms with van der Waals surface area (Å²) >= 11 is 1.50. The molecule has 0 saturated carbocycles. The summed E-state index contributed by atoms with van der Waals surface area (Å²) in [4.78, 5) is 19.7. The summed E-state index contributed by atoms with van der Waals surface area (Å²) in [6, 6.07) is 5.77. The number of carbonyl (C=O) groups is 1. The Morgan fingerprint density at radius 2 is 2.14 bits per heavy atom. The number of benzene rings is 1. The smallest absolute Gasteiger partial charge is 0.246 e. The Kier molecular flexibility index (Phi) is 3.31. The molecule has 22 heavy (non-hydrogen) atoms. The van der Waals surface area contributed by atoms with Gasteiger partial charge in [0.05, 0.1) is 17.3 Å². The average molecular weight is 317 g/mol. The second-order valence-corrected chi connectivity index (χ2v) is 7.06. The first kappa shape index (κ1) is 14.0. The highest BCUT2D eigenvalue weighted by molar-refractivity contribution is 7.22. The molecule has 1 N–H and O–H groups in total. The van der Waals surface area contributed by atoms with E-state index >= 15 is 0 Å². The Balaban J connectivity index is 1.59. The van der Waals surface area contributed by atoms with Gasteiger partial charge in [0.25, 0.3) is 0 Å². The standard InChI is InChI=1S/C16H19N3O2S/c1-21-11-4-5-12-13(10-11)22-15(17-12)18-14(20)16-6-2-8-19(16)9-3-7-16/h4-5,10H,2-3,6-9H2,1H3,(H,17,18,20). The van der Waals surface area contributed by atoms with Crippen LogP contribution >= 0.6 is 11.3 Å². The zero-order valence-electron chi connectivity index (χ0n) is 12.6. The monoisotopic (exact) mass is 317 g/mol. The molecule has 6 heteroatoms. The van der Waals surface area contributed by atoms with Gasteiger partial charge in [-0.3, -0.25) is 9.69 Å². The fourth-order valence-corrected chi connectivity index (χ4v) is 4.66. The average Bonchev–Trinajstić information content (AvgIpc) is 3.19. The number of fused-ring (bicyclic) bond motifs is 2. The van der Waals surface area contributed by atoms with Crippen molar-refractivity contribution in [2.75, 3.05) is 25.5 Å². The molecule has 0 unspecified atom stereocenters. The van der Waals surface area contributed by atoms with Gasteiger partial charge in [-0.2, -0.15) is 0 Å². The van der Waals surface area contributed by atoms with Crippen LogP contribution in [-0.4, -0.2) is 41.5 Å². The highest BCUT2D eigenvalue weighted by Crippen LogP contribution is 2.40. The van der Waals surface area contributed by atoms with E-state index in [1.54, 1.807) is 7.11 Å². The fourth-order valence-electron chi connectivity index (χ4n) is 3.78. The van der Waals surface area contributed by atoms with Gasteiger partial charge in [-0.1, -0.05) is 11.3 Å². The fraction of sp³-hybridized carbons (Fsp3) is 0.500. The number of hydrogen-bond donors (Lipinski definition) is 1. The third-order valence-corrected chi connectivity index (χ3v) is 5.81. The number of amides is 1. The quantitative estimate of drug-likeness (QED) is 0.946. The SMILES string of the molecule is COc1ccc2nc(NC(=O)C34CCCN3CCC4)sc2c1. The van der Waals surface area contributed by atoms with Crippen molar-refractivity contribution in [1.82, 2.24) is 9.88 Å². The minimum Gasteiger partial charge on any atom is -0.497 e. The maximum Gasteiger partial charge on any atom is 0.246 e. The number of aromatic nitrogens is 1. The molecule has 1 amide bonds. The van der Waals surface area contributed by atoms with E-state index in [1.807, 2.05) is 18.2 Å². The molecule has 2 saturated heterocycles. The molecule has 2 aliphatic rings.